The first-order chi connectivity index (χ1) is 7.76. The Labute approximate surface area is 103 Å². The minimum absolute atomic E-state index is 0.195. The van der Waals surface area contributed by atoms with E-state index in [-0.39, 0.29) is 11.3 Å². The predicted molar refractivity (Wildman–Crippen MR) is 65.9 cm³/mol. The SMILES string of the molecule is CCC(=O)CC1(NC(=O)OC(C)(C)C)CCC1. The van der Waals surface area contributed by atoms with Crippen molar-refractivity contribution in [1.82, 2.24) is 5.32 Å². The molecule has 0 spiro atoms. The number of alkyl carbamates (subject to hydrolysis) is 1. The van der Waals surface area contributed by atoms with Crippen molar-refractivity contribution in [2.75, 3.05) is 0 Å². The summed E-state index contributed by atoms with van der Waals surface area (Å²) in [7, 11) is 0. The van der Waals surface area contributed by atoms with Gasteiger partial charge in [0.2, 0.25) is 0 Å². The van der Waals surface area contributed by atoms with E-state index in [1.807, 2.05) is 27.7 Å². The van der Waals surface area contributed by atoms with Crippen LogP contribution in [0.4, 0.5) is 4.79 Å². The number of nitrogens with one attached hydrogen (secondary N) is 1. The average Bonchev–Trinajstić information content (AvgIpc) is 2.10. The summed E-state index contributed by atoms with van der Waals surface area (Å²) in [6.45, 7) is 7.34. The van der Waals surface area contributed by atoms with E-state index < -0.39 is 11.7 Å². The highest BCUT2D eigenvalue weighted by Crippen LogP contribution is 2.35. The lowest BCUT2D eigenvalue weighted by Crippen LogP contribution is -2.55. The zero-order chi connectivity index (χ0) is 13.1. The molecule has 1 rings (SSSR count). The third-order valence-electron chi connectivity index (χ3n) is 3.01. The second-order valence-corrected chi connectivity index (χ2v) is 5.83. The lowest BCUT2D eigenvalue weighted by atomic mass is 9.73. The second-order valence-electron chi connectivity index (χ2n) is 5.83. The van der Waals surface area contributed by atoms with Gasteiger partial charge in [-0.15, -0.1) is 0 Å². The van der Waals surface area contributed by atoms with Crippen molar-refractivity contribution in [2.45, 2.75) is 70.9 Å². The Morgan fingerprint density at radius 3 is 2.24 bits per heavy atom. The number of carbonyl (C=O) groups excluding carboxylic acids is 2. The van der Waals surface area contributed by atoms with Gasteiger partial charge in [0.25, 0.3) is 0 Å². The van der Waals surface area contributed by atoms with Crippen molar-refractivity contribution in [1.29, 1.82) is 0 Å². The number of carbonyl (C=O) groups is 2. The maximum absolute atomic E-state index is 11.7. The van der Waals surface area contributed by atoms with Crippen LogP contribution in [0.5, 0.6) is 0 Å². The molecule has 1 aliphatic carbocycles. The highest BCUT2D eigenvalue weighted by molar-refractivity contribution is 5.80. The molecule has 0 unspecified atom stereocenters. The third-order valence-corrected chi connectivity index (χ3v) is 3.01. The number of hydrogen-bond acceptors (Lipinski definition) is 3. The molecule has 1 aliphatic rings. The summed E-state index contributed by atoms with van der Waals surface area (Å²) in [4.78, 5) is 23.2. The minimum atomic E-state index is -0.496. The summed E-state index contributed by atoms with van der Waals surface area (Å²) in [6, 6.07) is 0. The van der Waals surface area contributed by atoms with Crippen LogP contribution in [-0.4, -0.2) is 23.0 Å². The number of Topliss-reactive ketones (excluding diaryl/α,β-unsaturated/α-hetero) is 1. The molecule has 4 nitrogen and oxygen atoms in total. The Bertz CT molecular complexity index is 300. The molecule has 0 radical (unpaired) electrons. The van der Waals surface area contributed by atoms with Gasteiger partial charge in [0.05, 0.1) is 5.54 Å². The normalized spacial score (nSPS) is 18.1. The van der Waals surface area contributed by atoms with E-state index in [1.54, 1.807) is 0 Å². The number of hydrogen-bond donors (Lipinski definition) is 1. The van der Waals surface area contributed by atoms with Gasteiger partial charge in [-0.3, -0.25) is 4.79 Å². The van der Waals surface area contributed by atoms with Gasteiger partial charge < -0.3 is 10.1 Å². The number of ether oxygens (including phenoxy) is 1. The van der Waals surface area contributed by atoms with Gasteiger partial charge in [0, 0.05) is 12.8 Å². The monoisotopic (exact) mass is 241 g/mol. The maximum Gasteiger partial charge on any atom is 0.408 e. The van der Waals surface area contributed by atoms with E-state index in [2.05, 4.69) is 5.32 Å². The van der Waals surface area contributed by atoms with Crippen molar-refractivity contribution in [3.05, 3.63) is 0 Å². The molecule has 98 valence electrons. The Balaban J connectivity index is 2.52. The summed E-state index contributed by atoms with van der Waals surface area (Å²) in [5.74, 6) is 0.195. The van der Waals surface area contributed by atoms with Crippen molar-refractivity contribution in [2.24, 2.45) is 0 Å². The van der Waals surface area contributed by atoms with Crippen molar-refractivity contribution in [3.63, 3.8) is 0 Å². The Kier molecular flexibility index (Phi) is 4.17. The molecule has 0 aromatic heterocycles. The first kappa shape index (κ1) is 14.0. The second kappa shape index (κ2) is 5.07. The smallest absolute Gasteiger partial charge is 0.408 e. The maximum atomic E-state index is 11.7. The van der Waals surface area contributed by atoms with Gasteiger partial charge in [-0.1, -0.05) is 6.92 Å². The van der Waals surface area contributed by atoms with Gasteiger partial charge in [-0.05, 0) is 40.0 Å². The molecule has 4 heteroatoms. The Morgan fingerprint density at radius 2 is 1.88 bits per heavy atom. The van der Waals surface area contributed by atoms with E-state index in [1.165, 1.54) is 0 Å². The van der Waals surface area contributed by atoms with E-state index >= 15 is 0 Å². The zero-order valence-corrected chi connectivity index (χ0v) is 11.3. The molecule has 0 aromatic rings. The molecule has 0 bridgehead atoms. The van der Waals surface area contributed by atoms with Crippen LogP contribution in [0.3, 0.4) is 0 Å². The van der Waals surface area contributed by atoms with Crippen LogP contribution in [0.15, 0.2) is 0 Å². The molecular formula is C13H23NO3. The molecule has 1 N–H and O–H groups in total. The van der Waals surface area contributed by atoms with Gasteiger partial charge in [0.1, 0.15) is 11.4 Å². The highest BCUT2D eigenvalue weighted by atomic mass is 16.6. The number of rotatable bonds is 4. The van der Waals surface area contributed by atoms with Gasteiger partial charge >= 0.3 is 6.09 Å². The Hall–Kier alpha value is -1.06. The van der Waals surface area contributed by atoms with Gasteiger partial charge in [-0.2, -0.15) is 0 Å². The fourth-order valence-electron chi connectivity index (χ4n) is 1.97. The zero-order valence-electron chi connectivity index (χ0n) is 11.3. The summed E-state index contributed by atoms with van der Waals surface area (Å²) in [5, 5.41) is 2.87. The topological polar surface area (TPSA) is 55.4 Å². The van der Waals surface area contributed by atoms with Crippen molar-refractivity contribution < 1.29 is 14.3 Å². The first-order valence-corrected chi connectivity index (χ1v) is 6.29. The van der Waals surface area contributed by atoms with Crippen LogP contribution in [0.1, 0.15) is 59.8 Å². The van der Waals surface area contributed by atoms with Crippen LogP contribution in [-0.2, 0) is 9.53 Å². The van der Waals surface area contributed by atoms with E-state index in [0.717, 1.165) is 19.3 Å². The van der Waals surface area contributed by atoms with Gasteiger partial charge in [0.15, 0.2) is 0 Å². The van der Waals surface area contributed by atoms with Crippen LogP contribution in [0.2, 0.25) is 0 Å². The molecule has 0 aromatic carbocycles. The quantitative estimate of drug-likeness (QED) is 0.823. The molecule has 0 atom stereocenters. The molecular weight excluding hydrogens is 218 g/mol. The summed E-state index contributed by atoms with van der Waals surface area (Å²) in [6.07, 6.45) is 3.35. The molecule has 1 saturated carbocycles. The van der Waals surface area contributed by atoms with E-state index in [0.29, 0.717) is 12.8 Å². The fourth-order valence-corrected chi connectivity index (χ4v) is 1.97. The molecule has 0 aliphatic heterocycles. The number of amides is 1. The lowest BCUT2D eigenvalue weighted by molar-refractivity contribution is -0.121. The van der Waals surface area contributed by atoms with Crippen LogP contribution in [0, 0.1) is 0 Å². The van der Waals surface area contributed by atoms with Gasteiger partial charge in [-0.25, -0.2) is 4.79 Å². The lowest BCUT2D eigenvalue weighted by Gasteiger charge is -2.42. The fraction of sp³-hybridized carbons (Fsp3) is 0.846. The molecule has 17 heavy (non-hydrogen) atoms. The van der Waals surface area contributed by atoms with E-state index in [9.17, 15) is 9.59 Å². The number of ketones is 1. The molecule has 1 fully saturated rings. The van der Waals surface area contributed by atoms with Crippen LogP contribution < -0.4 is 5.32 Å². The van der Waals surface area contributed by atoms with Crippen LogP contribution >= 0.6 is 0 Å². The first-order valence-electron chi connectivity index (χ1n) is 6.29. The summed E-state index contributed by atoms with van der Waals surface area (Å²) < 4.78 is 5.22. The minimum Gasteiger partial charge on any atom is -0.444 e. The molecule has 1 amide bonds. The highest BCUT2D eigenvalue weighted by Gasteiger charge is 2.40. The third kappa shape index (κ3) is 4.36. The molecule has 0 saturated heterocycles. The largest absolute Gasteiger partial charge is 0.444 e. The summed E-state index contributed by atoms with van der Waals surface area (Å²) in [5.41, 5.74) is -0.834. The van der Waals surface area contributed by atoms with Crippen molar-refractivity contribution >= 4 is 11.9 Å². The predicted octanol–water partition coefficient (Wildman–Crippen LogP) is 2.80. The average molecular weight is 241 g/mol. The summed E-state index contributed by atoms with van der Waals surface area (Å²) >= 11 is 0. The van der Waals surface area contributed by atoms with E-state index in [4.69, 9.17) is 4.74 Å². The standard InChI is InChI=1S/C13H23NO3/c1-5-10(15)9-13(7-6-8-13)14-11(16)17-12(2,3)4/h5-9H2,1-4H3,(H,14,16). The van der Waals surface area contributed by atoms with Crippen molar-refractivity contribution in [3.8, 4) is 0 Å². The molecule has 0 heterocycles. The van der Waals surface area contributed by atoms with Crippen LogP contribution in [0.25, 0.3) is 0 Å². The Morgan fingerprint density at radius 1 is 1.29 bits per heavy atom.